The number of carbonyl (C=O) groups is 2. The van der Waals surface area contributed by atoms with E-state index in [1.165, 1.54) is 13.2 Å². The van der Waals surface area contributed by atoms with E-state index in [1.54, 1.807) is 43.3 Å². The van der Waals surface area contributed by atoms with E-state index in [4.69, 9.17) is 9.47 Å². The lowest BCUT2D eigenvalue weighted by molar-refractivity contribution is -0.139. The molecule has 1 unspecified atom stereocenters. The molecule has 0 aromatic heterocycles. The van der Waals surface area contributed by atoms with Crippen molar-refractivity contribution in [3.63, 3.8) is 0 Å². The zero-order chi connectivity index (χ0) is 23.5. The van der Waals surface area contributed by atoms with Gasteiger partial charge in [0.1, 0.15) is 5.75 Å². The van der Waals surface area contributed by atoms with Crippen molar-refractivity contribution in [3.8, 4) is 5.75 Å². The van der Waals surface area contributed by atoms with Crippen molar-refractivity contribution in [2.45, 2.75) is 31.7 Å². The van der Waals surface area contributed by atoms with E-state index in [9.17, 15) is 18.0 Å². The molecule has 170 valence electrons. The molecule has 9 heteroatoms. The number of hydrogen-bond acceptors (Lipinski definition) is 6. The van der Waals surface area contributed by atoms with E-state index < -0.39 is 33.6 Å². The van der Waals surface area contributed by atoms with Crippen LogP contribution < -0.4 is 15.4 Å². The molecule has 3 rings (SSSR count). The molecule has 1 aliphatic rings. The molecule has 2 N–H and O–H groups in total. The topological polar surface area (TPSA) is 111 Å². The minimum absolute atomic E-state index is 0.0155. The van der Waals surface area contributed by atoms with Gasteiger partial charge in [-0.05, 0) is 61.7 Å². The van der Waals surface area contributed by atoms with Gasteiger partial charge >= 0.3 is 12.0 Å². The van der Waals surface area contributed by atoms with Gasteiger partial charge in [0.15, 0.2) is 9.84 Å². The Labute approximate surface area is 187 Å². The summed E-state index contributed by atoms with van der Waals surface area (Å²) in [4.78, 5) is 25.4. The van der Waals surface area contributed by atoms with Crippen molar-refractivity contribution in [3.05, 3.63) is 70.4 Å². The number of methoxy groups -OCH3 is 1. The van der Waals surface area contributed by atoms with E-state index in [0.29, 0.717) is 11.3 Å². The van der Waals surface area contributed by atoms with Gasteiger partial charge in [-0.15, -0.1) is 0 Å². The Morgan fingerprint density at radius 3 is 2.50 bits per heavy atom. The van der Waals surface area contributed by atoms with Gasteiger partial charge in [0, 0.05) is 5.70 Å². The fourth-order valence-electron chi connectivity index (χ4n) is 3.43. The molecule has 2 amide bonds. The molecule has 0 saturated heterocycles. The molecule has 1 aliphatic heterocycles. The van der Waals surface area contributed by atoms with Crippen LogP contribution in [0.3, 0.4) is 0 Å². The van der Waals surface area contributed by atoms with Crippen LogP contribution in [0.15, 0.2) is 58.6 Å². The molecule has 32 heavy (non-hydrogen) atoms. The molecule has 1 atom stereocenters. The number of sulfone groups is 1. The van der Waals surface area contributed by atoms with Crippen LogP contribution in [-0.4, -0.2) is 39.9 Å². The molecule has 0 aliphatic carbocycles. The lowest BCUT2D eigenvalue weighted by atomic mass is 9.95. The van der Waals surface area contributed by atoms with Gasteiger partial charge in [0.2, 0.25) is 0 Å². The van der Waals surface area contributed by atoms with E-state index in [2.05, 4.69) is 10.6 Å². The molecule has 0 radical (unpaired) electrons. The molecule has 0 fully saturated rings. The number of esters is 1. The second-order valence-electron chi connectivity index (χ2n) is 7.43. The average molecular weight is 459 g/mol. The molecule has 0 bridgehead atoms. The lowest BCUT2D eigenvalue weighted by Gasteiger charge is -2.29. The van der Waals surface area contributed by atoms with Crippen molar-refractivity contribution in [2.24, 2.45) is 0 Å². The summed E-state index contributed by atoms with van der Waals surface area (Å²) in [5.41, 5.74) is 2.37. The molecule has 2 aromatic carbocycles. The number of rotatable bonds is 7. The number of amides is 2. The zero-order valence-electron chi connectivity index (χ0n) is 18.4. The minimum atomic E-state index is -3.86. The van der Waals surface area contributed by atoms with Crippen LogP contribution in [-0.2, 0) is 19.4 Å². The Hall–Kier alpha value is -3.33. The highest BCUT2D eigenvalue weighted by Crippen LogP contribution is 2.31. The van der Waals surface area contributed by atoms with Crippen LogP contribution >= 0.6 is 0 Å². The third kappa shape index (κ3) is 4.94. The summed E-state index contributed by atoms with van der Waals surface area (Å²) in [6, 6.07) is 10.1. The third-order valence-corrected chi connectivity index (χ3v) is 6.89. The predicted molar refractivity (Wildman–Crippen MR) is 119 cm³/mol. The largest absolute Gasteiger partial charge is 0.497 e. The Morgan fingerprint density at radius 2 is 1.84 bits per heavy atom. The van der Waals surface area contributed by atoms with E-state index in [0.717, 1.165) is 11.1 Å². The summed E-state index contributed by atoms with van der Waals surface area (Å²) in [6.45, 7) is 5.46. The summed E-state index contributed by atoms with van der Waals surface area (Å²) in [7, 11) is -2.35. The summed E-state index contributed by atoms with van der Waals surface area (Å²) >= 11 is 0. The highest BCUT2D eigenvalue weighted by atomic mass is 32.2. The van der Waals surface area contributed by atoms with Gasteiger partial charge in [-0.3, -0.25) is 0 Å². The van der Waals surface area contributed by atoms with Crippen LogP contribution in [0.25, 0.3) is 0 Å². The predicted octanol–water partition coefficient (Wildman–Crippen LogP) is 2.96. The van der Waals surface area contributed by atoms with Gasteiger partial charge in [-0.1, -0.05) is 18.2 Å². The second kappa shape index (κ2) is 9.44. The number of nitrogens with one attached hydrogen (secondary N) is 2. The first-order chi connectivity index (χ1) is 15.2. The number of aryl methyl sites for hydroxylation is 2. The molecular formula is C23H26N2O6S. The third-order valence-electron chi connectivity index (χ3n) is 5.25. The van der Waals surface area contributed by atoms with Crippen LogP contribution in [0.5, 0.6) is 5.75 Å². The maximum absolute atomic E-state index is 13.2. The quantitative estimate of drug-likeness (QED) is 0.617. The fraction of sp³-hybridized carbons (Fsp3) is 0.304. The van der Waals surface area contributed by atoms with Gasteiger partial charge in [0.05, 0.1) is 36.0 Å². The van der Waals surface area contributed by atoms with Crippen molar-refractivity contribution in [1.82, 2.24) is 10.6 Å². The highest BCUT2D eigenvalue weighted by molar-refractivity contribution is 7.91. The van der Waals surface area contributed by atoms with Gasteiger partial charge in [-0.25, -0.2) is 18.0 Å². The second-order valence-corrected chi connectivity index (χ2v) is 9.42. The number of hydrogen-bond donors (Lipinski definition) is 2. The first-order valence-electron chi connectivity index (χ1n) is 10.1. The molecule has 8 nitrogen and oxygen atoms in total. The lowest BCUT2D eigenvalue weighted by Crippen LogP contribution is -2.47. The van der Waals surface area contributed by atoms with Gasteiger partial charge < -0.3 is 20.1 Å². The van der Waals surface area contributed by atoms with Crippen molar-refractivity contribution in [1.29, 1.82) is 0 Å². The summed E-state index contributed by atoms with van der Waals surface area (Å²) in [6.07, 6.45) is 0. The number of urea groups is 1. The zero-order valence-corrected chi connectivity index (χ0v) is 19.2. The Morgan fingerprint density at radius 1 is 1.09 bits per heavy atom. The molecular weight excluding hydrogens is 432 g/mol. The summed E-state index contributed by atoms with van der Waals surface area (Å²) in [5.74, 6) is -0.738. The van der Waals surface area contributed by atoms with Gasteiger partial charge in [-0.2, -0.15) is 0 Å². The molecule has 0 spiro atoms. The molecule has 1 heterocycles. The van der Waals surface area contributed by atoms with Crippen LogP contribution in [0.2, 0.25) is 0 Å². The fourth-order valence-corrected chi connectivity index (χ4v) is 4.84. The molecule has 0 saturated carbocycles. The van der Waals surface area contributed by atoms with Crippen LogP contribution in [0.4, 0.5) is 4.79 Å². The van der Waals surface area contributed by atoms with Crippen LogP contribution in [0.1, 0.15) is 29.7 Å². The van der Waals surface area contributed by atoms with E-state index >= 15 is 0 Å². The maximum atomic E-state index is 13.2. The van der Waals surface area contributed by atoms with Crippen LogP contribution in [0, 0.1) is 13.8 Å². The summed E-state index contributed by atoms with van der Waals surface area (Å²) in [5, 5.41) is 5.19. The first kappa shape index (κ1) is 23.3. The standard InChI is InChI=1S/C23H26N2O6S/c1-5-31-22(26)20-19(13-32(28,29)18-10-9-14(2)15(3)11-18)24-23(27)25-21(20)16-7-6-8-17(12-16)30-4/h6-12,21H,5,13H2,1-4H3,(H2,24,25,27). The minimum Gasteiger partial charge on any atom is -0.497 e. The monoisotopic (exact) mass is 458 g/mol. The normalized spacial score (nSPS) is 16.2. The SMILES string of the molecule is CCOC(=O)C1=C(CS(=O)(=O)c2ccc(C)c(C)c2)NC(=O)NC1c1cccc(OC)c1. The van der Waals surface area contributed by atoms with Gasteiger partial charge in [0.25, 0.3) is 0 Å². The number of carbonyl (C=O) groups excluding carboxylic acids is 2. The number of benzene rings is 2. The van der Waals surface area contributed by atoms with Crippen molar-refractivity contribution >= 4 is 21.8 Å². The Kier molecular flexibility index (Phi) is 6.88. The highest BCUT2D eigenvalue weighted by Gasteiger charge is 2.36. The van der Waals surface area contributed by atoms with Crippen molar-refractivity contribution in [2.75, 3.05) is 19.5 Å². The Bertz CT molecular complexity index is 1190. The van der Waals surface area contributed by atoms with E-state index in [-0.39, 0.29) is 22.8 Å². The summed E-state index contributed by atoms with van der Waals surface area (Å²) < 4.78 is 36.8. The Balaban J connectivity index is 2.11. The maximum Gasteiger partial charge on any atom is 0.338 e. The first-order valence-corrected chi connectivity index (χ1v) is 11.7. The average Bonchev–Trinajstić information content (AvgIpc) is 2.75. The number of ether oxygens (including phenoxy) is 2. The van der Waals surface area contributed by atoms with E-state index in [1.807, 2.05) is 13.8 Å². The van der Waals surface area contributed by atoms with Crippen molar-refractivity contribution < 1.29 is 27.5 Å². The smallest absolute Gasteiger partial charge is 0.338 e. The molecule has 2 aromatic rings.